The zero-order valence-electron chi connectivity index (χ0n) is 20.1. The first kappa shape index (κ1) is 27.2. The molecule has 3 aromatic rings. The number of anilines is 3. The summed E-state index contributed by atoms with van der Waals surface area (Å²) in [5, 5.41) is 3.70. The monoisotopic (exact) mass is 550 g/mol. The Labute approximate surface area is 217 Å². The van der Waals surface area contributed by atoms with Crippen molar-refractivity contribution in [1.82, 2.24) is 9.97 Å². The predicted molar refractivity (Wildman–Crippen MR) is 134 cm³/mol. The van der Waals surface area contributed by atoms with Crippen LogP contribution in [0.15, 0.2) is 36.7 Å². The van der Waals surface area contributed by atoms with Crippen molar-refractivity contribution in [2.45, 2.75) is 44.5 Å². The molecule has 1 aromatic heterocycles. The molecule has 0 bridgehead atoms. The van der Waals surface area contributed by atoms with Crippen molar-refractivity contribution in [2.75, 3.05) is 23.8 Å². The molecule has 1 aliphatic rings. The molecule has 10 nitrogen and oxygen atoms in total. The number of fused-ring (bicyclic) bond motifs is 1. The Morgan fingerprint density at radius 1 is 1.30 bits per heavy atom. The second-order valence-corrected chi connectivity index (χ2v) is 10.7. The van der Waals surface area contributed by atoms with E-state index in [2.05, 4.69) is 20.6 Å². The molecular weight excluding hydrogens is 526 g/mol. The highest BCUT2D eigenvalue weighted by atomic mass is 35.5. The van der Waals surface area contributed by atoms with E-state index in [1.165, 1.54) is 44.4 Å². The smallest absolute Gasteiger partial charge is 0.162 e. The van der Waals surface area contributed by atoms with E-state index in [9.17, 15) is 23.5 Å². The van der Waals surface area contributed by atoms with Gasteiger partial charge in [-0.05, 0) is 38.3 Å². The van der Waals surface area contributed by atoms with Gasteiger partial charge in [0.25, 0.3) is 0 Å². The molecule has 4 rings (SSSR count). The van der Waals surface area contributed by atoms with Crippen molar-refractivity contribution >= 4 is 53.1 Å². The quantitative estimate of drug-likeness (QED) is 0.357. The molecule has 0 amide bonds. The van der Waals surface area contributed by atoms with Gasteiger partial charge in [0.05, 0.1) is 29.4 Å². The minimum atomic E-state index is -5.48. The third-order valence-corrected chi connectivity index (χ3v) is 8.11. The standard InChI is InChI=1S/C24H27ClFN4O6P/c1-3-22(31)24(4-2,37(32,33)34)30-20-10-16-19(11-21(20)36-15-7-8-35-12-15)27-13-28-23(16)29-14-5-6-18(26)17(25)9-14/h5-6,9-11,13,15,30H,3-4,7-8,12H2,1-2H3,(H,27,28,29)(H2,32,33,34)/p-2/t15?,24-/m0/s1. The van der Waals surface area contributed by atoms with Gasteiger partial charge in [-0.1, -0.05) is 25.4 Å². The lowest BCUT2D eigenvalue weighted by molar-refractivity contribution is -0.318. The number of nitrogens with zero attached hydrogens (tertiary/aromatic N) is 2. The van der Waals surface area contributed by atoms with Crippen LogP contribution in [-0.2, 0) is 14.1 Å². The molecule has 0 spiro atoms. The van der Waals surface area contributed by atoms with Crippen LogP contribution in [0.25, 0.3) is 10.9 Å². The molecule has 1 unspecified atom stereocenters. The summed E-state index contributed by atoms with van der Waals surface area (Å²) in [4.78, 5) is 46.2. The number of ether oxygens (including phenoxy) is 2. The van der Waals surface area contributed by atoms with Crippen molar-refractivity contribution < 1.29 is 33.0 Å². The van der Waals surface area contributed by atoms with Crippen LogP contribution in [0.5, 0.6) is 5.75 Å². The van der Waals surface area contributed by atoms with E-state index >= 15 is 0 Å². The molecule has 37 heavy (non-hydrogen) atoms. The molecule has 198 valence electrons. The topological polar surface area (TPSA) is 149 Å². The summed E-state index contributed by atoms with van der Waals surface area (Å²) in [5.41, 5.74) is 0.975. The highest BCUT2D eigenvalue weighted by Crippen LogP contribution is 2.49. The first-order valence-corrected chi connectivity index (χ1v) is 13.6. The normalized spacial score (nSPS) is 17.4. The van der Waals surface area contributed by atoms with Crippen LogP contribution in [0.1, 0.15) is 33.1 Å². The Morgan fingerprint density at radius 3 is 2.70 bits per heavy atom. The zero-order valence-corrected chi connectivity index (χ0v) is 21.8. The Bertz CT molecular complexity index is 1370. The van der Waals surface area contributed by atoms with Crippen molar-refractivity contribution in [3.63, 3.8) is 0 Å². The highest BCUT2D eigenvalue weighted by Gasteiger charge is 2.40. The summed E-state index contributed by atoms with van der Waals surface area (Å²) in [6.07, 6.45) is 1.14. The van der Waals surface area contributed by atoms with Gasteiger partial charge >= 0.3 is 0 Å². The first-order chi connectivity index (χ1) is 17.6. The van der Waals surface area contributed by atoms with Gasteiger partial charge < -0.3 is 34.5 Å². The van der Waals surface area contributed by atoms with Crippen LogP contribution in [0.3, 0.4) is 0 Å². The van der Waals surface area contributed by atoms with Gasteiger partial charge in [0.2, 0.25) is 0 Å². The number of benzene rings is 2. The van der Waals surface area contributed by atoms with E-state index in [0.717, 1.165) is 0 Å². The molecule has 0 aliphatic carbocycles. The maximum atomic E-state index is 13.6. The second kappa shape index (κ2) is 10.9. The van der Waals surface area contributed by atoms with Crippen LogP contribution < -0.4 is 25.2 Å². The minimum Gasteiger partial charge on any atom is -0.809 e. The van der Waals surface area contributed by atoms with Crippen molar-refractivity contribution in [2.24, 2.45) is 0 Å². The van der Waals surface area contributed by atoms with Crippen LogP contribution in [-0.4, -0.2) is 40.3 Å². The van der Waals surface area contributed by atoms with E-state index < -0.39 is 24.5 Å². The average Bonchev–Trinajstić information content (AvgIpc) is 3.37. The molecule has 1 aliphatic heterocycles. The van der Waals surface area contributed by atoms with E-state index in [1.807, 2.05) is 0 Å². The first-order valence-electron chi connectivity index (χ1n) is 11.7. The molecule has 1 saturated heterocycles. The molecule has 0 saturated carbocycles. The maximum Gasteiger partial charge on any atom is 0.162 e. The van der Waals surface area contributed by atoms with E-state index in [0.29, 0.717) is 42.0 Å². The van der Waals surface area contributed by atoms with Gasteiger partial charge in [-0.3, -0.25) is 4.79 Å². The third-order valence-electron chi connectivity index (χ3n) is 6.20. The van der Waals surface area contributed by atoms with Gasteiger partial charge in [0.1, 0.15) is 35.1 Å². The SMILES string of the molecule is CCC(=O)[C@@](CC)(Nc1cc2c(Nc3ccc(F)c(Cl)c3)ncnc2cc1OC1CCOC1)P(=O)([O-])[O-]. The van der Waals surface area contributed by atoms with Crippen LogP contribution in [0.4, 0.5) is 21.6 Å². The summed E-state index contributed by atoms with van der Waals surface area (Å²) < 4.78 is 37.5. The lowest BCUT2D eigenvalue weighted by atomic mass is 10.1. The fourth-order valence-corrected chi connectivity index (χ4v) is 5.45. The summed E-state index contributed by atoms with van der Waals surface area (Å²) in [5.74, 6) is -0.849. The molecule has 2 N–H and O–H groups in total. The third kappa shape index (κ3) is 5.56. The number of carbonyl (C=O) groups excluding carboxylic acids is 1. The van der Waals surface area contributed by atoms with E-state index in [-0.39, 0.29) is 35.4 Å². The number of carbonyl (C=O) groups is 1. The number of rotatable bonds is 10. The molecular formula is C24H25ClFN4O6P-2. The average molecular weight is 551 g/mol. The van der Waals surface area contributed by atoms with Crippen LogP contribution in [0.2, 0.25) is 5.02 Å². The van der Waals surface area contributed by atoms with Gasteiger partial charge in [-0.2, -0.15) is 0 Å². The number of ketones is 1. The van der Waals surface area contributed by atoms with E-state index in [1.54, 1.807) is 6.07 Å². The van der Waals surface area contributed by atoms with E-state index in [4.69, 9.17) is 21.1 Å². The minimum absolute atomic E-state index is 0.0902. The number of hydrogen-bond acceptors (Lipinski definition) is 10. The van der Waals surface area contributed by atoms with Crippen LogP contribution in [0, 0.1) is 5.82 Å². The summed E-state index contributed by atoms with van der Waals surface area (Å²) in [6, 6.07) is 7.13. The molecule has 2 aromatic carbocycles. The second-order valence-electron chi connectivity index (χ2n) is 8.56. The van der Waals surface area contributed by atoms with Crippen molar-refractivity contribution in [1.29, 1.82) is 0 Å². The largest absolute Gasteiger partial charge is 0.809 e. The predicted octanol–water partition coefficient (Wildman–Crippen LogP) is 3.74. The lowest BCUT2D eigenvalue weighted by Crippen LogP contribution is -2.51. The van der Waals surface area contributed by atoms with Gasteiger partial charge in [-0.25, -0.2) is 14.4 Å². The fraction of sp³-hybridized carbons (Fsp3) is 0.375. The zero-order chi connectivity index (χ0) is 26.8. The van der Waals surface area contributed by atoms with Gasteiger partial charge in [0.15, 0.2) is 5.78 Å². The number of nitrogens with one attached hydrogen (secondary N) is 2. The number of aromatic nitrogens is 2. The Hall–Kier alpha value is -2.82. The summed E-state index contributed by atoms with van der Waals surface area (Å²) in [6.45, 7) is 3.76. The molecule has 2 atom stereocenters. The van der Waals surface area contributed by atoms with Crippen molar-refractivity contribution in [3.05, 3.63) is 47.5 Å². The van der Waals surface area contributed by atoms with Gasteiger partial charge in [0, 0.05) is 30.0 Å². The summed E-state index contributed by atoms with van der Waals surface area (Å²) in [7, 11) is -5.48. The Kier molecular flexibility index (Phi) is 8.01. The van der Waals surface area contributed by atoms with Crippen LogP contribution >= 0.6 is 19.2 Å². The van der Waals surface area contributed by atoms with Crippen molar-refractivity contribution in [3.8, 4) is 5.75 Å². The summed E-state index contributed by atoms with van der Waals surface area (Å²) >= 11 is 5.90. The highest BCUT2D eigenvalue weighted by molar-refractivity contribution is 7.52. The molecule has 13 heteroatoms. The Balaban J connectivity index is 1.85. The molecule has 1 fully saturated rings. The Morgan fingerprint density at radius 2 is 2.08 bits per heavy atom. The number of Topliss-reactive ketones (excluding diaryl/α,β-unsaturated/α-hetero) is 1. The molecule has 2 heterocycles. The lowest BCUT2D eigenvalue weighted by Gasteiger charge is -2.49. The number of hydrogen-bond donors (Lipinski definition) is 2. The number of halogens is 2. The molecule has 0 radical (unpaired) electrons. The fourth-order valence-electron chi connectivity index (χ4n) is 4.16. The maximum absolute atomic E-state index is 13.6. The van der Waals surface area contributed by atoms with Gasteiger partial charge in [-0.15, -0.1) is 0 Å².